The summed E-state index contributed by atoms with van der Waals surface area (Å²) in [5, 5.41) is 13.6. The Labute approximate surface area is 168 Å². The van der Waals surface area contributed by atoms with Crippen LogP contribution in [0.25, 0.3) is 0 Å². The molecule has 0 radical (unpaired) electrons. The van der Waals surface area contributed by atoms with Gasteiger partial charge in [-0.1, -0.05) is 6.07 Å². The number of thioether (sulfide) groups is 2. The number of carbonyl (C=O) groups excluding carboxylic acids is 1. The molecular weight excluding hydrogens is 437 g/mol. The Morgan fingerprint density at radius 3 is 2.57 bits per heavy atom. The van der Waals surface area contributed by atoms with Crippen molar-refractivity contribution in [3.8, 4) is 0 Å². The minimum absolute atomic E-state index is 0.0725. The average Bonchev–Trinajstić information content (AvgIpc) is 2.58. The molecule has 28 heavy (non-hydrogen) atoms. The van der Waals surface area contributed by atoms with Crippen LogP contribution in [-0.2, 0) is 15.6 Å². The average molecular weight is 450 g/mol. The molecule has 1 atom stereocenters. The quantitative estimate of drug-likeness (QED) is 0.374. The zero-order valence-corrected chi connectivity index (χ0v) is 16.6. The normalized spacial score (nSPS) is 12.4. The lowest BCUT2D eigenvalue weighted by Gasteiger charge is -2.09. The number of carbonyl (C=O) groups is 1. The van der Waals surface area contributed by atoms with Crippen molar-refractivity contribution >= 4 is 51.6 Å². The second-order valence-corrected chi connectivity index (χ2v) is 8.79. The molecule has 1 N–H and O–H groups in total. The highest BCUT2D eigenvalue weighted by Gasteiger charge is 2.29. The molecule has 0 heterocycles. The molecule has 0 bridgehead atoms. The fraction of sp³-hybridized carbons (Fsp3) is 0.188. The minimum Gasteiger partial charge on any atom is -0.325 e. The van der Waals surface area contributed by atoms with Gasteiger partial charge in [-0.05, 0) is 42.1 Å². The number of nitrogens with one attached hydrogen (secondary N) is 1. The molecule has 0 spiro atoms. The van der Waals surface area contributed by atoms with E-state index in [1.807, 2.05) is 0 Å². The third kappa shape index (κ3) is 6.84. The van der Waals surface area contributed by atoms with E-state index in [4.69, 9.17) is 0 Å². The van der Waals surface area contributed by atoms with Crippen LogP contribution in [0, 0.1) is 10.1 Å². The first-order valence-corrected chi connectivity index (χ1v) is 10.8. The lowest BCUT2D eigenvalue weighted by Crippen LogP contribution is -2.14. The fourth-order valence-corrected chi connectivity index (χ4v) is 3.99. The molecule has 150 valence electrons. The molecule has 2 aromatic rings. The van der Waals surface area contributed by atoms with E-state index in [1.54, 1.807) is 0 Å². The Morgan fingerprint density at radius 2 is 1.96 bits per heavy atom. The maximum atomic E-state index is 12.4. The molecule has 2 aromatic carbocycles. The van der Waals surface area contributed by atoms with E-state index in [9.17, 15) is 32.3 Å². The topological polar surface area (TPSA) is 89.3 Å². The second kappa shape index (κ2) is 9.43. The van der Waals surface area contributed by atoms with Crippen molar-refractivity contribution in [2.75, 3.05) is 17.3 Å². The number of anilines is 1. The number of hydrogen-bond donors (Lipinski definition) is 1. The van der Waals surface area contributed by atoms with Gasteiger partial charge in [-0.3, -0.25) is 19.1 Å². The van der Waals surface area contributed by atoms with Crippen LogP contribution in [0.1, 0.15) is 0 Å². The van der Waals surface area contributed by atoms with E-state index >= 15 is 0 Å². The maximum Gasteiger partial charge on any atom is 0.446 e. The Kier molecular flexibility index (Phi) is 7.49. The lowest BCUT2D eigenvalue weighted by atomic mass is 10.3. The van der Waals surface area contributed by atoms with Crippen LogP contribution in [0.5, 0.6) is 0 Å². The Balaban J connectivity index is 2.04. The molecule has 2 rings (SSSR count). The van der Waals surface area contributed by atoms with Gasteiger partial charge in [0, 0.05) is 27.8 Å². The van der Waals surface area contributed by atoms with E-state index in [-0.39, 0.29) is 38.7 Å². The van der Waals surface area contributed by atoms with Crippen LogP contribution in [-0.4, -0.2) is 32.6 Å². The van der Waals surface area contributed by atoms with Gasteiger partial charge in [0.1, 0.15) is 0 Å². The summed E-state index contributed by atoms with van der Waals surface area (Å²) < 4.78 is 48.7. The third-order valence-corrected chi connectivity index (χ3v) is 5.87. The first-order valence-electron chi connectivity index (χ1n) is 7.45. The number of nitrogens with zero attached hydrogens (tertiary/aromatic N) is 1. The van der Waals surface area contributed by atoms with Crippen molar-refractivity contribution in [3.05, 3.63) is 52.6 Å². The van der Waals surface area contributed by atoms with Gasteiger partial charge in [0.05, 0.1) is 26.4 Å². The number of alkyl halides is 3. The lowest BCUT2D eigenvalue weighted by molar-refractivity contribution is -0.387. The number of hydrogen-bond acceptors (Lipinski definition) is 6. The maximum absolute atomic E-state index is 12.4. The van der Waals surface area contributed by atoms with Crippen LogP contribution in [0.3, 0.4) is 0 Å². The van der Waals surface area contributed by atoms with Crippen molar-refractivity contribution in [2.45, 2.75) is 20.2 Å². The molecular formula is C16H13F3N2O4S3. The summed E-state index contributed by atoms with van der Waals surface area (Å²) in [4.78, 5) is 23.0. The van der Waals surface area contributed by atoms with Crippen LogP contribution in [0.4, 0.5) is 24.5 Å². The highest BCUT2D eigenvalue weighted by atomic mass is 32.2. The number of rotatable bonds is 7. The smallest absolute Gasteiger partial charge is 0.325 e. The van der Waals surface area contributed by atoms with Crippen molar-refractivity contribution < 1.29 is 27.1 Å². The number of benzene rings is 2. The molecule has 0 fully saturated rings. The Hall–Kier alpha value is -2.05. The third-order valence-electron chi connectivity index (χ3n) is 3.17. The molecule has 1 unspecified atom stereocenters. The van der Waals surface area contributed by atoms with E-state index in [0.717, 1.165) is 11.8 Å². The van der Waals surface area contributed by atoms with Gasteiger partial charge < -0.3 is 5.32 Å². The van der Waals surface area contributed by atoms with Crippen LogP contribution in [0.2, 0.25) is 0 Å². The minimum atomic E-state index is -4.44. The van der Waals surface area contributed by atoms with Gasteiger partial charge in [-0.2, -0.15) is 13.2 Å². The van der Waals surface area contributed by atoms with Gasteiger partial charge in [0.2, 0.25) is 5.91 Å². The molecule has 0 saturated heterocycles. The van der Waals surface area contributed by atoms with Gasteiger partial charge in [0.25, 0.3) is 5.69 Å². The molecule has 0 aliphatic heterocycles. The highest BCUT2D eigenvalue weighted by Crippen LogP contribution is 2.37. The monoisotopic (exact) mass is 450 g/mol. The molecule has 12 heteroatoms. The zero-order chi connectivity index (χ0) is 20.9. The Morgan fingerprint density at radius 1 is 1.25 bits per heavy atom. The van der Waals surface area contributed by atoms with E-state index in [2.05, 4.69) is 5.32 Å². The molecule has 1 amide bonds. The van der Waals surface area contributed by atoms with E-state index in [1.165, 1.54) is 48.7 Å². The first kappa shape index (κ1) is 22.2. The van der Waals surface area contributed by atoms with Crippen molar-refractivity contribution in [3.63, 3.8) is 0 Å². The number of halogens is 3. The van der Waals surface area contributed by atoms with Gasteiger partial charge in [-0.25, -0.2) is 0 Å². The van der Waals surface area contributed by atoms with Crippen LogP contribution in [0.15, 0.2) is 57.2 Å². The number of amides is 1. The van der Waals surface area contributed by atoms with E-state index in [0.29, 0.717) is 4.90 Å². The fourth-order valence-electron chi connectivity index (χ4n) is 2.05. The van der Waals surface area contributed by atoms with E-state index < -0.39 is 27.1 Å². The predicted octanol–water partition coefficient (Wildman–Crippen LogP) is 4.67. The molecule has 0 aromatic heterocycles. The van der Waals surface area contributed by atoms with Crippen LogP contribution < -0.4 is 5.32 Å². The zero-order valence-electron chi connectivity index (χ0n) is 14.2. The predicted molar refractivity (Wildman–Crippen MR) is 103 cm³/mol. The summed E-state index contributed by atoms with van der Waals surface area (Å²) in [6.45, 7) is 0. The SMILES string of the molecule is CS(=O)c1ccc(SCC(=O)Nc2cccc(SC(F)(F)F)c2)c([N+](=O)[O-])c1. The van der Waals surface area contributed by atoms with Crippen molar-refractivity contribution in [2.24, 2.45) is 0 Å². The summed E-state index contributed by atoms with van der Waals surface area (Å²) in [5.74, 6) is -0.719. The summed E-state index contributed by atoms with van der Waals surface area (Å²) in [5.41, 5.74) is -4.52. The molecule has 0 saturated carbocycles. The highest BCUT2D eigenvalue weighted by molar-refractivity contribution is 8.00. The first-order chi connectivity index (χ1) is 13.0. The van der Waals surface area contributed by atoms with Crippen molar-refractivity contribution in [1.82, 2.24) is 0 Å². The summed E-state index contributed by atoms with van der Waals surface area (Å²) >= 11 is 0.604. The second-order valence-electron chi connectivity index (χ2n) is 5.25. The number of nitro groups is 1. The summed E-state index contributed by atoms with van der Waals surface area (Å²) in [6, 6.07) is 9.35. The van der Waals surface area contributed by atoms with Gasteiger partial charge in [0.15, 0.2) is 0 Å². The Bertz CT molecular complexity index is 922. The molecule has 0 aliphatic rings. The van der Waals surface area contributed by atoms with Gasteiger partial charge in [-0.15, -0.1) is 11.8 Å². The standard InChI is InChI=1S/C16H13F3N2O4S3/c1-28(25)12-5-6-14(13(8-12)21(23)24)26-9-15(22)20-10-3-2-4-11(7-10)27-16(17,18)19/h2-8H,9H2,1H3,(H,20,22). The van der Waals surface area contributed by atoms with Crippen LogP contribution >= 0.6 is 23.5 Å². The van der Waals surface area contributed by atoms with Gasteiger partial charge >= 0.3 is 5.51 Å². The number of nitro benzene ring substituents is 1. The molecule has 0 aliphatic carbocycles. The summed E-state index contributed by atoms with van der Waals surface area (Å²) in [6.07, 6.45) is 1.39. The summed E-state index contributed by atoms with van der Waals surface area (Å²) in [7, 11) is -1.39. The largest absolute Gasteiger partial charge is 0.446 e. The molecule has 6 nitrogen and oxygen atoms in total. The van der Waals surface area contributed by atoms with Crippen molar-refractivity contribution in [1.29, 1.82) is 0 Å².